The van der Waals surface area contributed by atoms with Crippen LogP contribution in [0.2, 0.25) is 0 Å². The van der Waals surface area contributed by atoms with Gasteiger partial charge in [0.25, 0.3) is 11.7 Å². The van der Waals surface area contributed by atoms with Crippen molar-refractivity contribution in [3.05, 3.63) is 41.7 Å². The molecule has 1 fully saturated rings. The number of carbonyl (C=O) groups is 1. The highest BCUT2D eigenvalue weighted by Gasteiger charge is 2.37. The molecule has 1 aliphatic carbocycles. The Morgan fingerprint density at radius 1 is 1.40 bits per heavy atom. The highest BCUT2D eigenvalue weighted by atomic mass is 16.3. The molecule has 0 aliphatic heterocycles. The number of amides is 1. The molecule has 4 rings (SSSR count). The summed E-state index contributed by atoms with van der Waals surface area (Å²) >= 11 is 0. The molecule has 3 aromatic rings. The topological polar surface area (TPSA) is 110 Å². The predicted octanol–water partition coefficient (Wildman–Crippen LogP) is 0.408. The van der Waals surface area contributed by atoms with E-state index in [1.54, 1.807) is 27.5 Å². The minimum atomic E-state index is -0.326. The van der Waals surface area contributed by atoms with Crippen LogP contribution in [0.1, 0.15) is 40.8 Å². The number of hydrogen-bond donors (Lipinski definition) is 2. The zero-order valence-corrected chi connectivity index (χ0v) is 14.0. The van der Waals surface area contributed by atoms with Gasteiger partial charge in [-0.2, -0.15) is 5.10 Å². The SMILES string of the molecule is Cc1ccn2c(C(=O)NC(c3cnn(C)c3)C3CC(O)C3)nnc2n1. The summed E-state index contributed by atoms with van der Waals surface area (Å²) in [6.45, 7) is 1.86. The Hall–Kier alpha value is -2.81. The summed E-state index contributed by atoms with van der Waals surface area (Å²) in [6.07, 6.45) is 6.36. The summed E-state index contributed by atoms with van der Waals surface area (Å²) in [7, 11) is 1.83. The molecular formula is C16H19N7O2. The molecule has 0 radical (unpaired) electrons. The molecule has 130 valence electrons. The maximum Gasteiger partial charge on any atom is 0.290 e. The first kappa shape index (κ1) is 15.7. The fraction of sp³-hybridized carbons (Fsp3) is 0.438. The minimum absolute atomic E-state index is 0.169. The van der Waals surface area contributed by atoms with E-state index in [0.717, 1.165) is 11.3 Å². The number of aliphatic hydroxyl groups is 1. The third-order valence-corrected chi connectivity index (χ3v) is 4.61. The van der Waals surface area contributed by atoms with Gasteiger partial charge in [0.05, 0.1) is 18.3 Å². The van der Waals surface area contributed by atoms with Crippen LogP contribution in [0, 0.1) is 12.8 Å². The van der Waals surface area contributed by atoms with Crippen molar-refractivity contribution in [3.8, 4) is 0 Å². The lowest BCUT2D eigenvalue weighted by Crippen LogP contribution is -2.41. The number of aliphatic hydroxyl groups excluding tert-OH is 1. The quantitative estimate of drug-likeness (QED) is 0.711. The zero-order chi connectivity index (χ0) is 17.6. The monoisotopic (exact) mass is 341 g/mol. The van der Waals surface area contributed by atoms with Crippen LogP contribution < -0.4 is 5.32 Å². The Morgan fingerprint density at radius 3 is 2.88 bits per heavy atom. The van der Waals surface area contributed by atoms with Gasteiger partial charge in [0.15, 0.2) is 0 Å². The molecule has 9 heteroatoms. The molecule has 1 unspecified atom stereocenters. The first-order chi connectivity index (χ1) is 12.0. The van der Waals surface area contributed by atoms with Crippen molar-refractivity contribution in [1.82, 2.24) is 34.7 Å². The second kappa shape index (κ2) is 5.92. The van der Waals surface area contributed by atoms with E-state index in [1.807, 2.05) is 20.2 Å². The average molecular weight is 341 g/mol. The Morgan fingerprint density at radius 2 is 2.20 bits per heavy atom. The highest BCUT2D eigenvalue weighted by Crippen LogP contribution is 2.38. The van der Waals surface area contributed by atoms with Crippen molar-refractivity contribution in [2.24, 2.45) is 13.0 Å². The van der Waals surface area contributed by atoms with Gasteiger partial charge >= 0.3 is 0 Å². The van der Waals surface area contributed by atoms with Crippen molar-refractivity contribution < 1.29 is 9.90 Å². The molecule has 1 aliphatic rings. The third kappa shape index (κ3) is 2.86. The molecule has 1 atom stereocenters. The molecule has 1 saturated carbocycles. The molecular weight excluding hydrogens is 322 g/mol. The molecule has 1 amide bonds. The molecule has 0 spiro atoms. The summed E-state index contributed by atoms with van der Waals surface area (Å²) in [5, 5.41) is 24.8. The zero-order valence-electron chi connectivity index (χ0n) is 14.0. The van der Waals surface area contributed by atoms with Gasteiger partial charge < -0.3 is 10.4 Å². The number of nitrogens with one attached hydrogen (secondary N) is 1. The Labute approximate surface area is 143 Å². The lowest BCUT2D eigenvalue weighted by Gasteiger charge is -2.37. The molecule has 25 heavy (non-hydrogen) atoms. The maximum atomic E-state index is 12.8. The van der Waals surface area contributed by atoms with Crippen LogP contribution >= 0.6 is 0 Å². The number of aryl methyl sites for hydroxylation is 2. The van der Waals surface area contributed by atoms with Gasteiger partial charge in [-0.25, -0.2) is 4.98 Å². The Kier molecular flexibility index (Phi) is 3.72. The van der Waals surface area contributed by atoms with Crippen molar-refractivity contribution in [3.63, 3.8) is 0 Å². The second-order valence-corrected chi connectivity index (χ2v) is 6.55. The standard InChI is InChI=1S/C16H19N7O2/c1-9-3-4-23-14(20-21-16(23)18-9)15(25)19-13(10-5-12(24)6-10)11-7-17-22(2)8-11/h3-4,7-8,10,12-13,24H,5-6H2,1-2H3,(H,19,25). The lowest BCUT2D eigenvalue weighted by molar-refractivity contribution is 0.0234. The third-order valence-electron chi connectivity index (χ3n) is 4.61. The number of nitrogens with zero attached hydrogens (tertiary/aromatic N) is 6. The van der Waals surface area contributed by atoms with Crippen LogP contribution in [0.3, 0.4) is 0 Å². The van der Waals surface area contributed by atoms with Crippen LogP contribution in [0.25, 0.3) is 5.78 Å². The second-order valence-electron chi connectivity index (χ2n) is 6.55. The lowest BCUT2D eigenvalue weighted by atomic mass is 9.75. The van der Waals surface area contributed by atoms with Crippen LogP contribution in [-0.4, -0.2) is 46.5 Å². The maximum absolute atomic E-state index is 12.8. The predicted molar refractivity (Wildman–Crippen MR) is 87.7 cm³/mol. The smallest absolute Gasteiger partial charge is 0.290 e. The van der Waals surface area contributed by atoms with Gasteiger partial charge in [-0.15, -0.1) is 10.2 Å². The fourth-order valence-electron chi connectivity index (χ4n) is 3.21. The number of fused-ring (bicyclic) bond motifs is 1. The largest absolute Gasteiger partial charge is 0.393 e. The average Bonchev–Trinajstić information content (AvgIpc) is 3.15. The van der Waals surface area contributed by atoms with Gasteiger partial charge in [-0.3, -0.25) is 13.9 Å². The first-order valence-corrected chi connectivity index (χ1v) is 8.17. The van der Waals surface area contributed by atoms with Crippen molar-refractivity contribution in [2.45, 2.75) is 31.9 Å². The Balaban J connectivity index is 1.61. The van der Waals surface area contributed by atoms with Crippen molar-refractivity contribution >= 4 is 11.7 Å². The number of carbonyl (C=O) groups excluding carboxylic acids is 1. The molecule has 0 saturated heterocycles. The van der Waals surface area contributed by atoms with Gasteiger partial charge in [-0.1, -0.05) is 0 Å². The number of aromatic nitrogens is 6. The van der Waals surface area contributed by atoms with E-state index in [-0.39, 0.29) is 29.8 Å². The molecule has 0 bridgehead atoms. The molecule has 3 aromatic heterocycles. The molecule has 3 heterocycles. The van der Waals surface area contributed by atoms with E-state index in [9.17, 15) is 9.90 Å². The Bertz CT molecular complexity index is 926. The summed E-state index contributed by atoms with van der Waals surface area (Å²) in [5.41, 5.74) is 1.72. The van der Waals surface area contributed by atoms with E-state index in [1.165, 1.54) is 0 Å². The number of rotatable bonds is 4. The number of hydrogen-bond acceptors (Lipinski definition) is 6. The molecule has 9 nitrogen and oxygen atoms in total. The van der Waals surface area contributed by atoms with Crippen LogP contribution in [0.5, 0.6) is 0 Å². The summed E-state index contributed by atoms with van der Waals surface area (Å²) in [5.74, 6) is 0.425. The van der Waals surface area contributed by atoms with Crippen LogP contribution in [0.4, 0.5) is 0 Å². The normalized spacial score (nSPS) is 21.1. The van der Waals surface area contributed by atoms with E-state index >= 15 is 0 Å². The van der Waals surface area contributed by atoms with Gasteiger partial charge in [0, 0.05) is 30.7 Å². The van der Waals surface area contributed by atoms with E-state index in [2.05, 4.69) is 25.6 Å². The minimum Gasteiger partial charge on any atom is -0.393 e. The van der Waals surface area contributed by atoms with Gasteiger partial charge in [-0.05, 0) is 31.7 Å². The van der Waals surface area contributed by atoms with E-state index in [0.29, 0.717) is 18.6 Å². The summed E-state index contributed by atoms with van der Waals surface area (Å²) < 4.78 is 3.26. The molecule has 2 N–H and O–H groups in total. The van der Waals surface area contributed by atoms with Gasteiger partial charge in [0.2, 0.25) is 5.82 Å². The fourth-order valence-corrected chi connectivity index (χ4v) is 3.21. The van der Waals surface area contributed by atoms with Crippen LogP contribution in [0.15, 0.2) is 24.7 Å². The molecule has 0 aromatic carbocycles. The van der Waals surface area contributed by atoms with E-state index in [4.69, 9.17) is 0 Å². The summed E-state index contributed by atoms with van der Waals surface area (Å²) in [4.78, 5) is 17.0. The van der Waals surface area contributed by atoms with Crippen molar-refractivity contribution in [2.75, 3.05) is 0 Å². The highest BCUT2D eigenvalue weighted by molar-refractivity contribution is 5.91. The van der Waals surface area contributed by atoms with Crippen molar-refractivity contribution in [1.29, 1.82) is 0 Å². The summed E-state index contributed by atoms with van der Waals surface area (Å²) in [6, 6.07) is 1.57. The first-order valence-electron chi connectivity index (χ1n) is 8.17. The van der Waals surface area contributed by atoms with Crippen LogP contribution in [-0.2, 0) is 7.05 Å². The van der Waals surface area contributed by atoms with Gasteiger partial charge in [0.1, 0.15) is 0 Å². The van der Waals surface area contributed by atoms with E-state index < -0.39 is 0 Å².